The summed E-state index contributed by atoms with van der Waals surface area (Å²) in [7, 11) is -1.17. The highest BCUT2D eigenvalue weighted by atomic mass is 32.2. The summed E-state index contributed by atoms with van der Waals surface area (Å²) in [6.45, 7) is 3.15. The van der Waals surface area contributed by atoms with Crippen LogP contribution >= 0.6 is 0 Å². The van der Waals surface area contributed by atoms with Gasteiger partial charge < -0.3 is 20.1 Å². The summed E-state index contributed by atoms with van der Waals surface area (Å²) >= 11 is 0. The average molecular weight is 546 g/mol. The second kappa shape index (κ2) is 11.3. The van der Waals surface area contributed by atoms with Gasteiger partial charge in [-0.25, -0.2) is 13.1 Å². The predicted molar refractivity (Wildman–Crippen MR) is 151 cm³/mol. The van der Waals surface area contributed by atoms with E-state index in [1.165, 1.54) is 13.2 Å². The molecule has 0 saturated heterocycles. The Morgan fingerprint density at radius 3 is 2.38 bits per heavy atom. The number of amides is 1. The largest absolute Gasteiger partial charge is 0.495 e. The third kappa shape index (κ3) is 6.49. The molecule has 0 aliphatic rings. The minimum Gasteiger partial charge on any atom is -0.495 e. The Hall–Kier alpha value is -4.10. The fourth-order valence-corrected chi connectivity index (χ4v) is 5.74. The Morgan fingerprint density at radius 1 is 1.05 bits per heavy atom. The molecule has 202 valence electrons. The number of carbonyl (C=O) groups is 1. The van der Waals surface area contributed by atoms with Crippen molar-refractivity contribution in [2.45, 2.75) is 36.8 Å². The first-order chi connectivity index (χ1) is 18.5. The lowest BCUT2D eigenvalue weighted by molar-refractivity contribution is 0.0461. The van der Waals surface area contributed by atoms with Crippen molar-refractivity contribution in [3.63, 3.8) is 0 Å². The second-order valence-electron chi connectivity index (χ2n) is 9.66. The number of fused-ring (bicyclic) bond motifs is 1. The van der Waals surface area contributed by atoms with Crippen LogP contribution in [-0.4, -0.2) is 50.2 Å². The number of nitrogens with one attached hydrogen (secondary N) is 3. The maximum atomic E-state index is 13.6. The van der Waals surface area contributed by atoms with E-state index in [4.69, 9.17) is 4.74 Å². The van der Waals surface area contributed by atoms with Crippen LogP contribution in [-0.2, 0) is 16.4 Å². The van der Waals surface area contributed by atoms with Crippen LogP contribution in [0.4, 0.5) is 0 Å². The van der Waals surface area contributed by atoms with E-state index in [9.17, 15) is 18.3 Å². The molecule has 4 aromatic rings. The number of aromatic amines is 1. The number of aromatic nitrogens is 1. The van der Waals surface area contributed by atoms with Gasteiger partial charge in [0, 0.05) is 40.8 Å². The van der Waals surface area contributed by atoms with Gasteiger partial charge in [0.25, 0.3) is 5.91 Å². The number of benzene rings is 3. The Bertz CT molecular complexity index is 1660. The van der Waals surface area contributed by atoms with Crippen LogP contribution in [0.1, 0.15) is 40.9 Å². The van der Waals surface area contributed by atoms with Crippen LogP contribution in [0, 0.1) is 11.8 Å². The molecule has 0 radical (unpaired) electrons. The minimum absolute atomic E-state index is 0.0834. The zero-order valence-corrected chi connectivity index (χ0v) is 23.0. The first-order valence-electron chi connectivity index (χ1n) is 12.3. The molecule has 39 heavy (non-hydrogen) atoms. The lowest BCUT2D eigenvalue weighted by Gasteiger charge is -2.30. The first-order valence-corrected chi connectivity index (χ1v) is 13.8. The van der Waals surface area contributed by atoms with Crippen molar-refractivity contribution in [1.82, 2.24) is 15.0 Å². The summed E-state index contributed by atoms with van der Waals surface area (Å²) < 4.78 is 35.3. The molecule has 0 aliphatic carbocycles. The lowest BCUT2D eigenvalue weighted by atomic mass is 9.93. The fourth-order valence-electron chi connectivity index (χ4n) is 4.16. The number of aliphatic hydroxyl groups is 1. The molecule has 1 atom stereocenters. The Morgan fingerprint density at radius 2 is 1.72 bits per heavy atom. The highest BCUT2D eigenvalue weighted by Crippen LogP contribution is 2.28. The van der Waals surface area contributed by atoms with Crippen LogP contribution in [0.15, 0.2) is 77.8 Å². The molecule has 3 aromatic carbocycles. The standard InChI is InChI=1S/C30H31N3O5S/c1-30(2,35)28(18-23-19-32-25-8-6-5-7-24(23)25)33-39(36,37)27-17-21(13-16-26(27)38-4)10-9-20-11-14-22(15-12-20)29(34)31-3/h5-8,11-17,19,28,32-33,35H,18H2,1-4H3,(H,31,34)/t28-/m1/s1. The highest BCUT2D eigenvalue weighted by Gasteiger charge is 2.33. The topological polar surface area (TPSA) is 121 Å². The summed E-state index contributed by atoms with van der Waals surface area (Å²) in [5, 5.41) is 14.4. The van der Waals surface area contributed by atoms with Crippen LogP contribution in [0.3, 0.4) is 0 Å². The van der Waals surface area contributed by atoms with E-state index >= 15 is 0 Å². The monoisotopic (exact) mass is 545 g/mol. The van der Waals surface area contributed by atoms with Crippen molar-refractivity contribution in [2.75, 3.05) is 14.2 Å². The van der Waals surface area contributed by atoms with Gasteiger partial charge in [-0.05, 0) is 74.4 Å². The molecule has 0 unspecified atom stereocenters. The molecule has 1 aromatic heterocycles. The minimum atomic E-state index is -4.12. The molecule has 9 heteroatoms. The van der Waals surface area contributed by atoms with Gasteiger partial charge in [0.05, 0.1) is 18.8 Å². The molecule has 0 saturated carbocycles. The number of ether oxygens (including phenoxy) is 1. The molecular formula is C30H31N3O5S. The summed E-state index contributed by atoms with van der Waals surface area (Å²) in [5.41, 5.74) is 2.10. The third-order valence-corrected chi connectivity index (χ3v) is 7.92. The van der Waals surface area contributed by atoms with E-state index in [2.05, 4.69) is 26.9 Å². The SMILES string of the molecule is CNC(=O)c1ccc(C#Cc2ccc(OC)c(S(=O)(=O)N[C@H](Cc3c[nH]c4ccccc34)C(C)(C)O)c2)cc1. The van der Waals surface area contributed by atoms with Gasteiger partial charge in [0.1, 0.15) is 10.6 Å². The number of rotatable bonds is 8. The van der Waals surface area contributed by atoms with Gasteiger partial charge in [-0.15, -0.1) is 0 Å². The van der Waals surface area contributed by atoms with Crippen molar-refractivity contribution >= 4 is 26.8 Å². The number of hydrogen-bond acceptors (Lipinski definition) is 5. The molecule has 1 amide bonds. The molecule has 8 nitrogen and oxygen atoms in total. The van der Waals surface area contributed by atoms with E-state index in [-0.39, 0.29) is 23.0 Å². The number of carbonyl (C=O) groups excluding carboxylic acids is 1. The zero-order valence-electron chi connectivity index (χ0n) is 22.2. The number of hydrogen-bond donors (Lipinski definition) is 4. The number of methoxy groups -OCH3 is 1. The molecule has 4 N–H and O–H groups in total. The van der Waals surface area contributed by atoms with E-state index < -0.39 is 21.7 Å². The van der Waals surface area contributed by atoms with Crippen molar-refractivity contribution in [3.8, 4) is 17.6 Å². The average Bonchev–Trinajstić information content (AvgIpc) is 3.33. The van der Waals surface area contributed by atoms with Gasteiger partial charge in [0.15, 0.2) is 0 Å². The molecule has 4 rings (SSSR count). The summed E-state index contributed by atoms with van der Waals surface area (Å²) in [6.07, 6.45) is 2.09. The Kier molecular flexibility index (Phi) is 8.11. The molecule has 0 spiro atoms. The smallest absolute Gasteiger partial charge is 0.251 e. The summed E-state index contributed by atoms with van der Waals surface area (Å²) in [4.78, 5) is 14.8. The number of H-pyrrole nitrogens is 1. The molecule has 0 bridgehead atoms. The van der Waals surface area contributed by atoms with Crippen LogP contribution in [0.5, 0.6) is 5.75 Å². The normalized spacial score (nSPS) is 12.4. The maximum Gasteiger partial charge on any atom is 0.251 e. The highest BCUT2D eigenvalue weighted by molar-refractivity contribution is 7.89. The lowest BCUT2D eigenvalue weighted by Crippen LogP contribution is -2.50. The van der Waals surface area contributed by atoms with Gasteiger partial charge in [-0.1, -0.05) is 30.0 Å². The summed E-state index contributed by atoms with van der Waals surface area (Å²) in [5.74, 6) is 5.93. The fraction of sp³-hybridized carbons (Fsp3) is 0.233. The summed E-state index contributed by atoms with van der Waals surface area (Å²) in [6, 6.07) is 18.3. The molecular weight excluding hydrogens is 514 g/mol. The van der Waals surface area contributed by atoms with Crippen LogP contribution < -0.4 is 14.8 Å². The molecule has 0 aliphatic heterocycles. The number of sulfonamides is 1. The van der Waals surface area contributed by atoms with Crippen LogP contribution in [0.2, 0.25) is 0 Å². The second-order valence-corrected chi connectivity index (χ2v) is 11.3. The van der Waals surface area contributed by atoms with Crippen molar-refractivity contribution < 1.29 is 23.1 Å². The van der Waals surface area contributed by atoms with Crippen LogP contribution in [0.25, 0.3) is 10.9 Å². The van der Waals surface area contributed by atoms with Gasteiger partial charge in [-0.3, -0.25) is 4.79 Å². The van der Waals surface area contributed by atoms with E-state index in [1.807, 2.05) is 30.5 Å². The Labute approximate surface area is 228 Å². The molecule has 0 fully saturated rings. The quantitative estimate of drug-likeness (QED) is 0.252. The van der Waals surface area contributed by atoms with Gasteiger partial charge >= 0.3 is 0 Å². The van der Waals surface area contributed by atoms with E-state index in [0.29, 0.717) is 16.7 Å². The van der Waals surface area contributed by atoms with E-state index in [0.717, 1.165) is 16.5 Å². The predicted octanol–water partition coefficient (Wildman–Crippen LogP) is 3.60. The molecule has 1 heterocycles. The Balaban J connectivity index is 1.63. The first kappa shape index (κ1) is 27.9. The van der Waals surface area contributed by atoms with Crippen molar-refractivity contribution in [2.24, 2.45) is 0 Å². The maximum absolute atomic E-state index is 13.6. The van der Waals surface area contributed by atoms with Gasteiger partial charge in [0.2, 0.25) is 10.0 Å². The zero-order chi connectivity index (χ0) is 28.2. The van der Waals surface area contributed by atoms with Gasteiger partial charge in [-0.2, -0.15) is 0 Å². The van der Waals surface area contributed by atoms with Crippen molar-refractivity contribution in [3.05, 3.63) is 95.2 Å². The van der Waals surface area contributed by atoms with E-state index in [1.54, 1.807) is 57.3 Å². The third-order valence-electron chi connectivity index (χ3n) is 6.43. The number of para-hydroxylation sites is 1. The van der Waals surface area contributed by atoms with Crippen molar-refractivity contribution in [1.29, 1.82) is 0 Å².